The molecule has 0 aliphatic rings. The zero-order chi connectivity index (χ0) is 20.7. The van der Waals surface area contributed by atoms with Crippen molar-refractivity contribution in [3.63, 3.8) is 0 Å². The molecule has 1 aromatic heterocycles. The quantitative estimate of drug-likeness (QED) is 0.285. The van der Waals surface area contributed by atoms with Gasteiger partial charge in [0.15, 0.2) is 11.5 Å². The van der Waals surface area contributed by atoms with Crippen LogP contribution >= 0.6 is 23.3 Å². The van der Waals surface area contributed by atoms with E-state index < -0.39 is 16.0 Å². The van der Waals surface area contributed by atoms with Crippen molar-refractivity contribution in [2.75, 3.05) is 24.4 Å². The molecular formula is C16H16N4O5S3. The maximum absolute atomic E-state index is 12.3. The fraction of sp³-hybridized carbons (Fsp3) is 0.250. The van der Waals surface area contributed by atoms with Gasteiger partial charge in [0, 0.05) is 11.5 Å². The molecule has 0 saturated heterocycles. The van der Waals surface area contributed by atoms with Gasteiger partial charge in [-0.05, 0) is 29.5 Å². The number of ether oxygens (including phenoxy) is 1. The number of hydrogen-bond donors (Lipinski definition) is 1. The number of hydrogen-bond acceptors (Lipinski definition) is 10. The average Bonchev–Trinajstić information content (AvgIpc) is 3.06. The number of methoxy groups -OCH3 is 1. The number of benzene rings is 1. The van der Waals surface area contributed by atoms with Gasteiger partial charge in [0.05, 0.1) is 13.4 Å². The molecule has 0 bridgehead atoms. The normalized spacial score (nSPS) is 11.6. The Bertz CT molecular complexity index is 1040. The lowest BCUT2D eigenvalue weighted by molar-refractivity contribution is -0.112. The maximum Gasteiger partial charge on any atom is 0.306 e. The Balaban J connectivity index is 2.22. The number of nitrogens with one attached hydrogen (secondary N) is 1. The lowest BCUT2D eigenvalue weighted by atomic mass is 10.1. The zero-order valence-electron chi connectivity index (χ0n) is 15.1. The Morgan fingerprint density at radius 3 is 2.79 bits per heavy atom. The van der Waals surface area contributed by atoms with E-state index in [1.165, 1.54) is 43.1 Å². The lowest BCUT2D eigenvalue weighted by Crippen LogP contribution is -2.13. The van der Waals surface area contributed by atoms with E-state index in [-0.39, 0.29) is 22.2 Å². The minimum atomic E-state index is -3.73. The largest absolute Gasteiger partial charge is 0.493 e. The summed E-state index contributed by atoms with van der Waals surface area (Å²) in [6.45, 7) is 1.96. The number of anilines is 1. The van der Waals surface area contributed by atoms with Crippen LogP contribution in [0, 0.1) is 11.3 Å². The summed E-state index contributed by atoms with van der Waals surface area (Å²) in [6, 6.07) is 6.14. The van der Waals surface area contributed by atoms with Crippen molar-refractivity contribution >= 4 is 50.5 Å². The number of rotatable bonds is 8. The summed E-state index contributed by atoms with van der Waals surface area (Å²) in [7, 11) is -2.38. The standard InChI is InChI=1S/C16H16N4O5S3/c1-4-26-16-19-15(27-20-16)18-14(21)11(9-17)7-10-5-6-12(13(8-10)24-2)25-28(3,22)23/h5-8H,4H2,1-3H3,(H,18,19,20,21)/b11-7-. The van der Waals surface area contributed by atoms with Crippen molar-refractivity contribution in [3.05, 3.63) is 29.3 Å². The number of nitriles is 1. The third kappa shape index (κ3) is 6.22. The van der Waals surface area contributed by atoms with Crippen LogP contribution in [-0.4, -0.2) is 42.8 Å². The first kappa shape index (κ1) is 21.7. The summed E-state index contributed by atoms with van der Waals surface area (Å²) >= 11 is 2.46. The van der Waals surface area contributed by atoms with Crippen LogP contribution in [0.5, 0.6) is 11.5 Å². The first-order valence-corrected chi connectivity index (χ1v) is 11.3. The Hall–Kier alpha value is -2.62. The van der Waals surface area contributed by atoms with E-state index in [9.17, 15) is 18.5 Å². The molecule has 0 aliphatic carbocycles. The highest BCUT2D eigenvalue weighted by atomic mass is 32.2. The van der Waals surface area contributed by atoms with Crippen LogP contribution in [0.1, 0.15) is 12.5 Å². The topological polar surface area (TPSA) is 131 Å². The summed E-state index contributed by atoms with van der Waals surface area (Å²) in [5.41, 5.74) is 0.280. The van der Waals surface area contributed by atoms with E-state index >= 15 is 0 Å². The van der Waals surface area contributed by atoms with E-state index in [2.05, 4.69) is 14.7 Å². The summed E-state index contributed by atoms with van der Waals surface area (Å²) < 4.78 is 36.6. The molecule has 12 heteroatoms. The molecule has 1 heterocycles. The van der Waals surface area contributed by atoms with Gasteiger partial charge in [0.25, 0.3) is 5.91 Å². The minimum absolute atomic E-state index is 0.0000716. The van der Waals surface area contributed by atoms with Crippen molar-refractivity contribution in [3.8, 4) is 17.6 Å². The molecular weight excluding hydrogens is 424 g/mol. The second-order valence-electron chi connectivity index (χ2n) is 5.14. The molecule has 1 N–H and O–H groups in total. The van der Waals surface area contributed by atoms with Gasteiger partial charge in [-0.3, -0.25) is 10.1 Å². The van der Waals surface area contributed by atoms with Gasteiger partial charge in [0.1, 0.15) is 11.6 Å². The first-order valence-electron chi connectivity index (χ1n) is 7.73. The highest BCUT2D eigenvalue weighted by molar-refractivity contribution is 7.99. The summed E-state index contributed by atoms with van der Waals surface area (Å²) in [5, 5.41) is 12.7. The van der Waals surface area contributed by atoms with Crippen LogP contribution in [-0.2, 0) is 14.9 Å². The fourth-order valence-electron chi connectivity index (χ4n) is 1.93. The van der Waals surface area contributed by atoms with E-state index in [1.807, 2.05) is 13.0 Å². The lowest BCUT2D eigenvalue weighted by Gasteiger charge is -2.09. The molecule has 148 valence electrons. The monoisotopic (exact) mass is 440 g/mol. The smallest absolute Gasteiger partial charge is 0.306 e. The van der Waals surface area contributed by atoms with Crippen LogP contribution in [0.2, 0.25) is 0 Å². The number of nitrogens with zero attached hydrogens (tertiary/aromatic N) is 3. The summed E-state index contributed by atoms with van der Waals surface area (Å²) in [5.74, 6) is 0.304. The predicted molar refractivity (Wildman–Crippen MR) is 107 cm³/mol. The molecule has 0 atom stereocenters. The van der Waals surface area contributed by atoms with Gasteiger partial charge in [0.2, 0.25) is 10.3 Å². The molecule has 0 fully saturated rings. The van der Waals surface area contributed by atoms with Gasteiger partial charge in [-0.15, -0.1) is 0 Å². The zero-order valence-corrected chi connectivity index (χ0v) is 17.6. The van der Waals surface area contributed by atoms with Gasteiger partial charge in [-0.2, -0.15) is 23.0 Å². The van der Waals surface area contributed by atoms with Crippen molar-refractivity contribution in [1.82, 2.24) is 9.36 Å². The average molecular weight is 441 g/mol. The molecule has 0 radical (unpaired) electrons. The predicted octanol–water partition coefficient (Wildman–Crippen LogP) is 2.54. The first-order chi connectivity index (χ1) is 13.3. The number of aromatic nitrogens is 2. The van der Waals surface area contributed by atoms with Crippen LogP contribution in [0.25, 0.3) is 6.08 Å². The SMILES string of the molecule is CCSc1nsc(NC(=O)/C(C#N)=C\c2ccc(OS(C)(=O)=O)c(OC)c2)n1. The number of thioether (sulfide) groups is 1. The highest BCUT2D eigenvalue weighted by Crippen LogP contribution is 2.30. The van der Waals surface area contributed by atoms with Gasteiger partial charge in [-0.1, -0.05) is 24.8 Å². The van der Waals surface area contributed by atoms with E-state index in [1.54, 1.807) is 0 Å². The molecule has 2 rings (SSSR count). The van der Waals surface area contributed by atoms with Crippen molar-refractivity contribution in [2.45, 2.75) is 12.1 Å². The summed E-state index contributed by atoms with van der Waals surface area (Å²) in [6.07, 6.45) is 2.25. The van der Waals surface area contributed by atoms with E-state index in [0.29, 0.717) is 10.7 Å². The van der Waals surface area contributed by atoms with Crippen molar-refractivity contribution in [1.29, 1.82) is 5.26 Å². The van der Waals surface area contributed by atoms with Crippen molar-refractivity contribution in [2.24, 2.45) is 0 Å². The molecule has 0 unspecified atom stereocenters. The third-order valence-electron chi connectivity index (χ3n) is 3.01. The Kier molecular flexibility index (Phi) is 7.38. The molecule has 1 amide bonds. The van der Waals surface area contributed by atoms with Gasteiger partial charge >= 0.3 is 10.1 Å². The number of amides is 1. The third-order valence-corrected chi connectivity index (χ3v) is 4.96. The van der Waals surface area contributed by atoms with Crippen molar-refractivity contribution < 1.29 is 22.1 Å². The molecule has 9 nitrogen and oxygen atoms in total. The molecule has 28 heavy (non-hydrogen) atoms. The Labute approximate surface area is 170 Å². The summed E-state index contributed by atoms with van der Waals surface area (Å²) in [4.78, 5) is 16.5. The Morgan fingerprint density at radius 2 is 2.18 bits per heavy atom. The highest BCUT2D eigenvalue weighted by Gasteiger charge is 2.15. The Morgan fingerprint density at radius 1 is 1.43 bits per heavy atom. The minimum Gasteiger partial charge on any atom is -0.493 e. The van der Waals surface area contributed by atoms with Crippen LogP contribution in [0.4, 0.5) is 5.13 Å². The van der Waals surface area contributed by atoms with Crippen LogP contribution < -0.4 is 14.2 Å². The number of carbonyl (C=O) groups is 1. The molecule has 0 spiro atoms. The second kappa shape index (κ2) is 9.54. The van der Waals surface area contributed by atoms with E-state index in [4.69, 9.17) is 8.92 Å². The molecule has 1 aromatic carbocycles. The fourth-order valence-corrected chi connectivity index (χ4v) is 3.66. The molecule has 2 aromatic rings. The van der Waals surface area contributed by atoms with Crippen LogP contribution in [0.15, 0.2) is 28.9 Å². The second-order valence-corrected chi connectivity index (χ2v) is 8.69. The molecule has 0 saturated carbocycles. The molecule has 0 aliphatic heterocycles. The van der Waals surface area contributed by atoms with Gasteiger partial charge < -0.3 is 8.92 Å². The maximum atomic E-state index is 12.3. The van der Waals surface area contributed by atoms with E-state index in [0.717, 1.165) is 23.5 Å². The van der Waals surface area contributed by atoms with Crippen LogP contribution in [0.3, 0.4) is 0 Å². The number of carbonyl (C=O) groups excluding carboxylic acids is 1. The van der Waals surface area contributed by atoms with Gasteiger partial charge in [-0.25, -0.2) is 0 Å².